The van der Waals surface area contributed by atoms with Gasteiger partial charge in [0.15, 0.2) is 0 Å². The van der Waals surface area contributed by atoms with Crippen molar-refractivity contribution in [2.45, 2.75) is 42.9 Å². The summed E-state index contributed by atoms with van der Waals surface area (Å²) in [5, 5.41) is 7.93. The van der Waals surface area contributed by atoms with E-state index in [1.165, 1.54) is 29.8 Å². The van der Waals surface area contributed by atoms with Crippen LogP contribution in [0.25, 0.3) is 0 Å². The number of benzene rings is 2. The smallest absolute Gasteiger partial charge is 0.238 e. The predicted octanol–water partition coefficient (Wildman–Crippen LogP) is 2.63. The van der Waals surface area contributed by atoms with Gasteiger partial charge in [-0.2, -0.15) is 0 Å². The topological polar surface area (TPSA) is 110 Å². The van der Waals surface area contributed by atoms with Crippen molar-refractivity contribution in [3.63, 3.8) is 0 Å². The lowest BCUT2D eigenvalue weighted by Gasteiger charge is -2.35. The number of hydrogen-bond acceptors (Lipinski definition) is 4. The molecule has 2 aromatic rings. The van der Waals surface area contributed by atoms with Crippen molar-refractivity contribution < 1.29 is 18.0 Å². The fourth-order valence-corrected chi connectivity index (χ4v) is 5.08. The zero-order valence-corrected chi connectivity index (χ0v) is 18.1. The van der Waals surface area contributed by atoms with Crippen LogP contribution in [0.4, 0.5) is 5.69 Å². The van der Waals surface area contributed by atoms with Gasteiger partial charge in [0.05, 0.1) is 10.8 Å². The SMILES string of the molecule is NS(=O)(=O)c1ccc(NC(=O)C2CCN(C(=O)C3CCCc4ccccc43)CC2)cc1. The number of sulfonamides is 1. The predicted molar refractivity (Wildman–Crippen MR) is 118 cm³/mol. The van der Waals surface area contributed by atoms with E-state index in [9.17, 15) is 18.0 Å². The molecule has 2 aliphatic rings. The minimum atomic E-state index is -3.76. The highest BCUT2D eigenvalue weighted by molar-refractivity contribution is 7.89. The first-order valence-electron chi connectivity index (χ1n) is 10.6. The lowest BCUT2D eigenvalue weighted by molar-refractivity contribution is -0.136. The molecule has 1 aliphatic heterocycles. The van der Waals surface area contributed by atoms with Crippen molar-refractivity contribution in [3.8, 4) is 0 Å². The molecule has 1 unspecified atom stereocenters. The standard InChI is InChI=1S/C23H27N3O4S/c24-31(29,30)19-10-8-18(9-11-19)25-22(27)17-12-14-26(15-13-17)23(28)21-7-3-5-16-4-1-2-6-20(16)21/h1-2,4,6,8-11,17,21H,3,5,7,12-15H2,(H,25,27)(H2,24,29,30). The lowest BCUT2D eigenvalue weighted by atomic mass is 9.81. The second-order valence-corrected chi connectivity index (χ2v) is 9.86. The molecule has 31 heavy (non-hydrogen) atoms. The van der Waals surface area contributed by atoms with Gasteiger partial charge >= 0.3 is 0 Å². The Morgan fingerprint density at radius 3 is 2.32 bits per heavy atom. The van der Waals surface area contributed by atoms with E-state index < -0.39 is 10.0 Å². The number of aryl methyl sites for hydroxylation is 1. The highest BCUT2D eigenvalue weighted by Crippen LogP contribution is 2.34. The number of amides is 2. The van der Waals surface area contributed by atoms with E-state index in [2.05, 4.69) is 17.4 Å². The summed E-state index contributed by atoms with van der Waals surface area (Å²) in [6.07, 6.45) is 4.16. The molecular weight excluding hydrogens is 414 g/mol. The van der Waals surface area contributed by atoms with Crippen molar-refractivity contribution in [1.82, 2.24) is 4.90 Å². The second kappa shape index (κ2) is 8.80. The van der Waals surface area contributed by atoms with Crippen LogP contribution < -0.4 is 10.5 Å². The monoisotopic (exact) mass is 441 g/mol. The number of rotatable bonds is 4. The number of hydrogen-bond donors (Lipinski definition) is 2. The van der Waals surface area contributed by atoms with Gasteiger partial charge in [0.25, 0.3) is 0 Å². The average Bonchev–Trinajstić information content (AvgIpc) is 2.78. The summed E-state index contributed by atoms with van der Waals surface area (Å²) in [7, 11) is -3.76. The van der Waals surface area contributed by atoms with Gasteiger partial charge in [-0.05, 0) is 67.5 Å². The summed E-state index contributed by atoms with van der Waals surface area (Å²) in [5.41, 5.74) is 2.95. The Bertz CT molecular complexity index is 1070. The maximum Gasteiger partial charge on any atom is 0.238 e. The molecule has 8 heteroatoms. The minimum absolute atomic E-state index is 0.00149. The fraction of sp³-hybridized carbons (Fsp3) is 0.391. The van der Waals surface area contributed by atoms with Crippen LogP contribution in [0.5, 0.6) is 0 Å². The first-order chi connectivity index (χ1) is 14.8. The van der Waals surface area contributed by atoms with E-state index in [-0.39, 0.29) is 28.5 Å². The van der Waals surface area contributed by atoms with Gasteiger partial charge in [-0.15, -0.1) is 0 Å². The lowest BCUT2D eigenvalue weighted by Crippen LogP contribution is -2.44. The Labute approximate surface area is 182 Å². The first-order valence-corrected chi connectivity index (χ1v) is 12.2. The number of carbonyl (C=O) groups is 2. The fourth-order valence-electron chi connectivity index (χ4n) is 4.57. The zero-order valence-electron chi connectivity index (χ0n) is 17.3. The maximum absolute atomic E-state index is 13.2. The number of nitrogens with two attached hydrogens (primary N) is 1. The van der Waals surface area contributed by atoms with E-state index in [1.54, 1.807) is 0 Å². The summed E-state index contributed by atoms with van der Waals surface area (Å²) in [5.74, 6) is -0.198. The first kappa shape index (κ1) is 21.5. The van der Waals surface area contributed by atoms with Crippen molar-refractivity contribution in [2.75, 3.05) is 18.4 Å². The van der Waals surface area contributed by atoms with Gasteiger partial charge in [0.1, 0.15) is 0 Å². The van der Waals surface area contributed by atoms with Gasteiger partial charge in [0, 0.05) is 24.7 Å². The summed E-state index contributed by atoms with van der Waals surface area (Å²) in [6, 6.07) is 14.0. The molecule has 1 atom stereocenters. The molecular formula is C23H27N3O4S. The Kier molecular flexibility index (Phi) is 6.11. The highest BCUT2D eigenvalue weighted by Gasteiger charge is 2.33. The molecule has 3 N–H and O–H groups in total. The third kappa shape index (κ3) is 4.80. The van der Waals surface area contributed by atoms with Crippen LogP contribution in [0.3, 0.4) is 0 Å². The number of carbonyl (C=O) groups excluding carboxylic acids is 2. The Hall–Kier alpha value is -2.71. The van der Waals surface area contributed by atoms with Crippen LogP contribution in [0.1, 0.15) is 42.7 Å². The van der Waals surface area contributed by atoms with Crippen LogP contribution >= 0.6 is 0 Å². The summed E-state index contributed by atoms with van der Waals surface area (Å²) >= 11 is 0. The third-order valence-electron chi connectivity index (χ3n) is 6.30. The minimum Gasteiger partial charge on any atom is -0.342 e. The van der Waals surface area contributed by atoms with E-state index in [1.807, 2.05) is 17.0 Å². The molecule has 0 spiro atoms. The average molecular weight is 442 g/mol. The normalized spacial score (nSPS) is 19.5. The molecule has 7 nitrogen and oxygen atoms in total. The molecule has 1 aliphatic carbocycles. The van der Waals surface area contributed by atoms with E-state index in [0.717, 1.165) is 24.8 Å². The Morgan fingerprint density at radius 2 is 1.65 bits per heavy atom. The van der Waals surface area contributed by atoms with Gasteiger partial charge in [-0.1, -0.05) is 24.3 Å². The van der Waals surface area contributed by atoms with E-state index in [0.29, 0.717) is 31.6 Å². The van der Waals surface area contributed by atoms with Gasteiger partial charge in [-0.25, -0.2) is 13.6 Å². The molecule has 1 saturated heterocycles. The van der Waals surface area contributed by atoms with Gasteiger partial charge in [0.2, 0.25) is 21.8 Å². The molecule has 1 heterocycles. The highest BCUT2D eigenvalue weighted by atomic mass is 32.2. The number of fused-ring (bicyclic) bond motifs is 1. The Morgan fingerprint density at radius 1 is 0.968 bits per heavy atom. The van der Waals surface area contributed by atoms with Crippen LogP contribution in [0, 0.1) is 5.92 Å². The molecule has 0 bridgehead atoms. The van der Waals surface area contributed by atoms with E-state index in [4.69, 9.17) is 5.14 Å². The Balaban J connectivity index is 1.33. The second-order valence-electron chi connectivity index (χ2n) is 8.30. The van der Waals surface area contributed by atoms with Crippen LogP contribution in [0.15, 0.2) is 53.4 Å². The van der Waals surface area contributed by atoms with Crippen LogP contribution in [-0.2, 0) is 26.0 Å². The van der Waals surface area contributed by atoms with Gasteiger partial charge in [-0.3, -0.25) is 9.59 Å². The summed E-state index contributed by atoms with van der Waals surface area (Å²) < 4.78 is 22.7. The number of anilines is 1. The number of likely N-dealkylation sites (tertiary alicyclic amines) is 1. The number of nitrogens with one attached hydrogen (secondary N) is 1. The van der Waals surface area contributed by atoms with Gasteiger partial charge < -0.3 is 10.2 Å². The molecule has 2 aromatic carbocycles. The molecule has 0 aromatic heterocycles. The summed E-state index contributed by atoms with van der Waals surface area (Å²) in [6.45, 7) is 1.14. The number of nitrogens with zero attached hydrogens (tertiary/aromatic N) is 1. The van der Waals surface area contributed by atoms with Crippen molar-refractivity contribution in [2.24, 2.45) is 11.1 Å². The third-order valence-corrected chi connectivity index (χ3v) is 7.22. The maximum atomic E-state index is 13.2. The number of primary sulfonamides is 1. The summed E-state index contributed by atoms with van der Waals surface area (Å²) in [4.78, 5) is 27.7. The molecule has 1 fully saturated rings. The number of piperidine rings is 1. The van der Waals surface area contributed by atoms with Crippen LogP contribution in [0.2, 0.25) is 0 Å². The molecule has 2 amide bonds. The molecule has 0 radical (unpaired) electrons. The quantitative estimate of drug-likeness (QED) is 0.760. The van der Waals surface area contributed by atoms with Crippen molar-refractivity contribution in [3.05, 3.63) is 59.7 Å². The largest absolute Gasteiger partial charge is 0.342 e. The molecule has 0 saturated carbocycles. The van der Waals surface area contributed by atoms with Crippen LogP contribution in [-0.4, -0.2) is 38.2 Å². The molecule has 164 valence electrons. The van der Waals surface area contributed by atoms with Crippen molar-refractivity contribution in [1.29, 1.82) is 0 Å². The molecule has 4 rings (SSSR count). The van der Waals surface area contributed by atoms with Crippen molar-refractivity contribution >= 4 is 27.5 Å². The zero-order chi connectivity index (χ0) is 22.0. The van der Waals surface area contributed by atoms with E-state index >= 15 is 0 Å².